The van der Waals surface area contributed by atoms with Gasteiger partial charge in [0.1, 0.15) is 0 Å². The van der Waals surface area contributed by atoms with Gasteiger partial charge in [0.2, 0.25) is 0 Å². The third-order valence-electron chi connectivity index (χ3n) is 3.26. The number of fused-ring (bicyclic) bond motifs is 1. The van der Waals surface area contributed by atoms with E-state index in [-0.39, 0.29) is 0 Å². The Morgan fingerprint density at radius 1 is 0.722 bits per heavy atom. The molecule has 0 amide bonds. The van der Waals surface area contributed by atoms with Crippen LogP contribution in [0.4, 0.5) is 5.69 Å². The number of hydrogen-bond acceptors (Lipinski definition) is 1. The van der Waals surface area contributed by atoms with Crippen molar-refractivity contribution in [1.29, 1.82) is 0 Å². The van der Waals surface area contributed by atoms with E-state index in [9.17, 15) is 0 Å². The molecule has 0 fully saturated rings. The molecule has 0 unspecified atom stereocenters. The van der Waals surface area contributed by atoms with E-state index in [1.807, 2.05) is 13.1 Å². The molecule has 0 atom stereocenters. The molecule has 0 saturated heterocycles. The van der Waals surface area contributed by atoms with Crippen LogP contribution in [0.25, 0.3) is 21.9 Å². The molecule has 3 aromatic carbocycles. The van der Waals surface area contributed by atoms with Crippen molar-refractivity contribution in [3.63, 3.8) is 0 Å². The highest BCUT2D eigenvalue weighted by molar-refractivity contribution is 5.96. The lowest BCUT2D eigenvalue weighted by Gasteiger charge is -2.08. The lowest BCUT2D eigenvalue weighted by Crippen LogP contribution is -1.89. The van der Waals surface area contributed by atoms with Crippen LogP contribution in [-0.2, 0) is 0 Å². The van der Waals surface area contributed by atoms with E-state index in [1.165, 1.54) is 27.6 Å². The van der Waals surface area contributed by atoms with Crippen LogP contribution >= 0.6 is 0 Å². The smallest absolute Gasteiger partial charge is 0.0417 e. The Labute approximate surface area is 107 Å². The van der Waals surface area contributed by atoms with E-state index < -0.39 is 0 Å². The molecule has 0 bridgehead atoms. The molecule has 3 rings (SSSR count). The maximum atomic E-state index is 3.23. The van der Waals surface area contributed by atoms with Crippen LogP contribution in [0.15, 0.2) is 66.7 Å². The normalized spacial score (nSPS) is 10.5. The first kappa shape index (κ1) is 10.8. The fourth-order valence-electron chi connectivity index (χ4n) is 2.31. The molecule has 1 nitrogen and oxygen atoms in total. The maximum absolute atomic E-state index is 3.23. The lowest BCUT2D eigenvalue weighted by atomic mass is 10.0. The molecule has 0 aliphatic heterocycles. The van der Waals surface area contributed by atoms with Gasteiger partial charge in [-0.25, -0.2) is 0 Å². The summed E-state index contributed by atoms with van der Waals surface area (Å²) < 4.78 is 0. The fourth-order valence-corrected chi connectivity index (χ4v) is 2.31. The van der Waals surface area contributed by atoms with Gasteiger partial charge in [0.05, 0.1) is 0 Å². The molecule has 0 heterocycles. The first-order valence-corrected chi connectivity index (χ1v) is 6.14. The Balaban J connectivity index is 2.18. The average molecular weight is 233 g/mol. The van der Waals surface area contributed by atoms with Gasteiger partial charge >= 0.3 is 0 Å². The molecule has 3 aromatic rings. The second-order valence-corrected chi connectivity index (χ2v) is 4.36. The third kappa shape index (κ3) is 1.84. The first-order valence-electron chi connectivity index (χ1n) is 6.14. The van der Waals surface area contributed by atoms with Crippen LogP contribution < -0.4 is 5.32 Å². The van der Waals surface area contributed by atoms with Crippen molar-refractivity contribution >= 4 is 16.5 Å². The number of nitrogens with one attached hydrogen (secondary N) is 1. The van der Waals surface area contributed by atoms with Gasteiger partial charge in [-0.2, -0.15) is 0 Å². The Kier molecular flexibility index (Phi) is 2.73. The van der Waals surface area contributed by atoms with E-state index in [0.717, 1.165) is 0 Å². The highest BCUT2D eigenvalue weighted by Gasteiger charge is 2.01. The zero-order valence-electron chi connectivity index (χ0n) is 10.4. The SMILES string of the molecule is CNc1cccc2cc(-c3ccccc3)ccc12. The second kappa shape index (κ2) is 4.53. The minimum Gasteiger partial charge on any atom is -0.388 e. The van der Waals surface area contributed by atoms with Crippen molar-refractivity contribution in [2.45, 2.75) is 0 Å². The monoisotopic (exact) mass is 233 g/mol. The van der Waals surface area contributed by atoms with Gasteiger partial charge in [-0.1, -0.05) is 54.6 Å². The molecule has 0 aliphatic carbocycles. The summed E-state index contributed by atoms with van der Waals surface area (Å²) in [6.45, 7) is 0. The number of anilines is 1. The maximum Gasteiger partial charge on any atom is 0.0417 e. The van der Waals surface area contributed by atoms with Crippen LogP contribution in [0.2, 0.25) is 0 Å². The van der Waals surface area contributed by atoms with Crippen molar-refractivity contribution in [2.24, 2.45) is 0 Å². The molecule has 0 radical (unpaired) electrons. The van der Waals surface area contributed by atoms with Crippen LogP contribution in [-0.4, -0.2) is 7.05 Å². The zero-order chi connectivity index (χ0) is 12.4. The molecule has 18 heavy (non-hydrogen) atoms. The molecule has 1 heteroatoms. The van der Waals surface area contributed by atoms with Crippen molar-refractivity contribution in [1.82, 2.24) is 0 Å². The van der Waals surface area contributed by atoms with Crippen molar-refractivity contribution < 1.29 is 0 Å². The predicted octanol–water partition coefficient (Wildman–Crippen LogP) is 4.55. The highest BCUT2D eigenvalue weighted by Crippen LogP contribution is 2.28. The van der Waals surface area contributed by atoms with Gasteiger partial charge < -0.3 is 5.32 Å². The van der Waals surface area contributed by atoms with Crippen molar-refractivity contribution in [3.05, 3.63) is 66.7 Å². The largest absolute Gasteiger partial charge is 0.388 e. The zero-order valence-corrected chi connectivity index (χ0v) is 10.4. The summed E-state index contributed by atoms with van der Waals surface area (Å²) in [6.07, 6.45) is 0. The molecule has 88 valence electrons. The van der Waals surface area contributed by atoms with Crippen LogP contribution in [0.5, 0.6) is 0 Å². The number of rotatable bonds is 2. The average Bonchev–Trinajstić information content (AvgIpc) is 2.47. The predicted molar refractivity (Wildman–Crippen MR) is 78.9 cm³/mol. The third-order valence-corrected chi connectivity index (χ3v) is 3.26. The Morgan fingerprint density at radius 2 is 1.56 bits per heavy atom. The van der Waals surface area contributed by atoms with Crippen LogP contribution in [0, 0.1) is 0 Å². The molecular formula is C17H15N. The van der Waals surface area contributed by atoms with Crippen molar-refractivity contribution in [3.8, 4) is 11.1 Å². The number of hydrogen-bond donors (Lipinski definition) is 1. The molecule has 0 aliphatic rings. The van der Waals surface area contributed by atoms with E-state index in [4.69, 9.17) is 0 Å². The summed E-state index contributed by atoms with van der Waals surface area (Å²) >= 11 is 0. The van der Waals surface area contributed by atoms with Gasteiger partial charge in [-0.15, -0.1) is 0 Å². The topological polar surface area (TPSA) is 12.0 Å². The standard InChI is InChI=1S/C17H15N/c1-18-17-9-5-8-15-12-14(10-11-16(15)17)13-6-3-2-4-7-13/h2-12,18H,1H3. The summed E-state index contributed by atoms with van der Waals surface area (Å²) in [5.41, 5.74) is 3.69. The Hall–Kier alpha value is -2.28. The quantitative estimate of drug-likeness (QED) is 0.684. The van der Waals surface area contributed by atoms with Gasteiger partial charge in [0, 0.05) is 18.1 Å². The Bertz CT molecular complexity index is 672. The van der Waals surface area contributed by atoms with Crippen LogP contribution in [0.1, 0.15) is 0 Å². The molecule has 1 N–H and O–H groups in total. The van der Waals surface area contributed by atoms with E-state index in [1.54, 1.807) is 0 Å². The van der Waals surface area contributed by atoms with Gasteiger partial charge in [0.25, 0.3) is 0 Å². The summed E-state index contributed by atoms with van der Waals surface area (Å²) in [7, 11) is 1.96. The first-order chi connectivity index (χ1) is 8.88. The molecule has 0 saturated carbocycles. The van der Waals surface area contributed by atoms with Gasteiger partial charge in [-0.3, -0.25) is 0 Å². The fraction of sp³-hybridized carbons (Fsp3) is 0.0588. The summed E-state index contributed by atoms with van der Waals surface area (Å²) in [5.74, 6) is 0. The van der Waals surface area contributed by atoms with E-state index in [2.05, 4.69) is 66.0 Å². The summed E-state index contributed by atoms with van der Waals surface area (Å²) in [4.78, 5) is 0. The van der Waals surface area contributed by atoms with E-state index >= 15 is 0 Å². The minimum absolute atomic E-state index is 1.17. The molecular weight excluding hydrogens is 218 g/mol. The summed E-state index contributed by atoms with van der Waals surface area (Å²) in [6, 6.07) is 23.4. The minimum atomic E-state index is 1.17. The highest BCUT2D eigenvalue weighted by atomic mass is 14.8. The van der Waals surface area contributed by atoms with Crippen molar-refractivity contribution in [2.75, 3.05) is 12.4 Å². The van der Waals surface area contributed by atoms with Gasteiger partial charge in [-0.05, 0) is 28.6 Å². The second-order valence-electron chi connectivity index (χ2n) is 4.36. The molecule has 0 aromatic heterocycles. The van der Waals surface area contributed by atoms with Gasteiger partial charge in [0.15, 0.2) is 0 Å². The van der Waals surface area contributed by atoms with Crippen LogP contribution in [0.3, 0.4) is 0 Å². The summed E-state index contributed by atoms with van der Waals surface area (Å²) in [5, 5.41) is 5.76. The number of benzene rings is 3. The van der Waals surface area contributed by atoms with E-state index in [0.29, 0.717) is 0 Å². The molecule has 0 spiro atoms. The lowest BCUT2D eigenvalue weighted by molar-refractivity contribution is 1.54. The Morgan fingerprint density at radius 3 is 2.33 bits per heavy atom.